The molecule has 0 spiro atoms. The second kappa shape index (κ2) is 4.50. The van der Waals surface area contributed by atoms with Crippen LogP contribution in [0.15, 0.2) is 22.7 Å². The van der Waals surface area contributed by atoms with E-state index in [1.165, 1.54) is 0 Å². The minimum atomic E-state index is -0.938. The van der Waals surface area contributed by atoms with Gasteiger partial charge in [0.15, 0.2) is 0 Å². The molecule has 5 heteroatoms. The molecule has 0 aliphatic heterocycles. The third-order valence-electron chi connectivity index (χ3n) is 2.74. The lowest BCUT2D eigenvalue weighted by Gasteiger charge is -2.06. The van der Waals surface area contributed by atoms with Gasteiger partial charge in [0.05, 0.1) is 5.52 Å². The number of nitrogens with zero attached hydrogens (tertiary/aromatic N) is 1. The average Bonchev–Trinajstić information content (AvgIpc) is 2.53. The number of carboxylic acids is 1. The first kappa shape index (κ1) is 12.1. The van der Waals surface area contributed by atoms with E-state index in [1.54, 1.807) is 11.7 Å². The number of hydrogen-bond donors (Lipinski definition) is 1. The van der Waals surface area contributed by atoms with E-state index in [-0.39, 0.29) is 12.4 Å². The van der Waals surface area contributed by atoms with Crippen LogP contribution in [0.2, 0.25) is 0 Å². The van der Waals surface area contributed by atoms with Crippen molar-refractivity contribution in [2.24, 2.45) is 0 Å². The van der Waals surface area contributed by atoms with E-state index in [0.717, 1.165) is 20.9 Å². The van der Waals surface area contributed by atoms with Crippen LogP contribution in [-0.4, -0.2) is 22.8 Å². The molecular formula is C12H12BrNO3. The minimum absolute atomic E-state index is 0.230. The monoisotopic (exact) mass is 297 g/mol. The summed E-state index contributed by atoms with van der Waals surface area (Å²) in [5.41, 5.74) is 1.90. The lowest BCUT2D eigenvalue weighted by atomic mass is 10.1. The molecule has 0 fully saturated rings. The summed E-state index contributed by atoms with van der Waals surface area (Å²) in [4.78, 5) is 11.3. The molecule has 1 aromatic carbocycles. The Morgan fingerprint density at radius 2 is 2.24 bits per heavy atom. The summed E-state index contributed by atoms with van der Waals surface area (Å²) >= 11 is 3.39. The molecule has 17 heavy (non-hydrogen) atoms. The first-order valence-corrected chi connectivity index (χ1v) is 5.86. The number of halogens is 1. The van der Waals surface area contributed by atoms with Crippen LogP contribution in [0.25, 0.3) is 10.9 Å². The minimum Gasteiger partial charge on any atom is -0.477 e. The van der Waals surface area contributed by atoms with E-state index in [0.29, 0.717) is 0 Å². The van der Waals surface area contributed by atoms with Gasteiger partial charge in [0.1, 0.15) is 12.4 Å². The Kier molecular flexibility index (Phi) is 3.22. The van der Waals surface area contributed by atoms with Crippen LogP contribution in [0.4, 0.5) is 0 Å². The molecular weight excluding hydrogens is 286 g/mol. The van der Waals surface area contributed by atoms with Crippen molar-refractivity contribution in [1.82, 2.24) is 4.57 Å². The number of rotatable bonds is 3. The fraction of sp³-hybridized carbons (Fsp3) is 0.250. The molecule has 0 amide bonds. The van der Waals surface area contributed by atoms with Gasteiger partial charge in [-0.2, -0.15) is 0 Å². The van der Waals surface area contributed by atoms with Gasteiger partial charge < -0.3 is 14.4 Å². The van der Waals surface area contributed by atoms with Gasteiger partial charge >= 0.3 is 5.97 Å². The molecule has 90 valence electrons. The number of aromatic carboxylic acids is 1. The van der Waals surface area contributed by atoms with Crippen molar-refractivity contribution in [3.63, 3.8) is 0 Å². The number of carbonyl (C=O) groups is 1. The maximum Gasteiger partial charge on any atom is 0.352 e. The molecule has 0 aliphatic rings. The topological polar surface area (TPSA) is 51.5 Å². The number of aromatic nitrogens is 1. The van der Waals surface area contributed by atoms with E-state index >= 15 is 0 Å². The van der Waals surface area contributed by atoms with E-state index in [4.69, 9.17) is 4.74 Å². The zero-order valence-electron chi connectivity index (χ0n) is 9.53. The van der Waals surface area contributed by atoms with Gasteiger partial charge in [-0.05, 0) is 30.7 Å². The van der Waals surface area contributed by atoms with Crippen LogP contribution in [0, 0.1) is 6.92 Å². The molecule has 0 saturated heterocycles. The van der Waals surface area contributed by atoms with Gasteiger partial charge in [-0.1, -0.05) is 15.9 Å². The highest BCUT2D eigenvalue weighted by Crippen LogP contribution is 2.28. The maximum atomic E-state index is 11.3. The number of benzene rings is 1. The molecule has 0 bridgehead atoms. The van der Waals surface area contributed by atoms with Gasteiger partial charge in [0.25, 0.3) is 0 Å². The summed E-state index contributed by atoms with van der Waals surface area (Å²) in [5, 5.41) is 10.2. The Balaban J connectivity index is 2.82. The van der Waals surface area contributed by atoms with E-state index in [9.17, 15) is 9.90 Å². The van der Waals surface area contributed by atoms with E-state index < -0.39 is 5.97 Å². The molecule has 0 radical (unpaired) electrons. The summed E-state index contributed by atoms with van der Waals surface area (Å²) in [7, 11) is 1.55. The molecule has 2 rings (SSSR count). The number of hydrogen-bond acceptors (Lipinski definition) is 2. The quantitative estimate of drug-likeness (QED) is 0.947. The van der Waals surface area contributed by atoms with Crippen molar-refractivity contribution in [2.75, 3.05) is 7.11 Å². The number of methoxy groups -OCH3 is 1. The molecule has 4 nitrogen and oxygen atoms in total. The fourth-order valence-electron chi connectivity index (χ4n) is 2.03. The molecule has 1 N–H and O–H groups in total. The second-order valence-corrected chi connectivity index (χ2v) is 4.70. The molecule has 0 unspecified atom stereocenters. The third kappa shape index (κ3) is 1.96. The highest BCUT2D eigenvalue weighted by molar-refractivity contribution is 9.10. The lowest BCUT2D eigenvalue weighted by Crippen LogP contribution is -2.10. The van der Waals surface area contributed by atoms with Crippen molar-refractivity contribution in [1.29, 1.82) is 0 Å². The van der Waals surface area contributed by atoms with Gasteiger partial charge in [0.2, 0.25) is 0 Å². The summed E-state index contributed by atoms with van der Waals surface area (Å²) in [6, 6.07) is 5.70. The van der Waals surface area contributed by atoms with Crippen molar-refractivity contribution in [3.05, 3.63) is 33.9 Å². The second-order valence-electron chi connectivity index (χ2n) is 3.79. The van der Waals surface area contributed by atoms with E-state index in [2.05, 4.69) is 15.9 Å². The summed E-state index contributed by atoms with van der Waals surface area (Å²) in [6.45, 7) is 2.04. The van der Waals surface area contributed by atoms with Gasteiger partial charge in [-0.15, -0.1) is 0 Å². The molecule has 1 aromatic heterocycles. The number of aryl methyl sites for hydroxylation is 1. The van der Waals surface area contributed by atoms with Crippen LogP contribution in [0.5, 0.6) is 0 Å². The highest BCUT2D eigenvalue weighted by atomic mass is 79.9. The van der Waals surface area contributed by atoms with Gasteiger partial charge in [-0.3, -0.25) is 0 Å². The molecule has 0 saturated carbocycles. The van der Waals surface area contributed by atoms with Crippen LogP contribution >= 0.6 is 15.9 Å². The highest BCUT2D eigenvalue weighted by Gasteiger charge is 2.19. The molecule has 0 atom stereocenters. The van der Waals surface area contributed by atoms with E-state index in [1.807, 2.05) is 25.1 Å². The first-order chi connectivity index (χ1) is 8.06. The lowest BCUT2D eigenvalue weighted by molar-refractivity contribution is 0.0663. The Morgan fingerprint density at radius 3 is 2.82 bits per heavy atom. The number of ether oxygens (including phenoxy) is 1. The predicted octanol–water partition coefficient (Wildman–Crippen LogP) is 3.01. The van der Waals surface area contributed by atoms with Crippen molar-refractivity contribution in [3.8, 4) is 0 Å². The Bertz CT molecular complexity index is 589. The number of carboxylic acid groups (broad SMARTS) is 1. The molecule has 1 heterocycles. The molecule has 0 aliphatic carbocycles. The van der Waals surface area contributed by atoms with Crippen LogP contribution < -0.4 is 0 Å². The Morgan fingerprint density at radius 1 is 1.53 bits per heavy atom. The van der Waals surface area contributed by atoms with Gasteiger partial charge in [-0.25, -0.2) is 4.79 Å². The molecule has 2 aromatic rings. The average molecular weight is 298 g/mol. The standard InChI is InChI=1S/C12H12BrNO3/c1-7-9-5-8(13)3-4-10(9)14(6-17-2)11(7)12(15)16/h3-5H,6H2,1-2H3,(H,15,16). The number of fused-ring (bicyclic) bond motifs is 1. The maximum absolute atomic E-state index is 11.3. The first-order valence-electron chi connectivity index (χ1n) is 5.07. The Hall–Kier alpha value is -1.33. The van der Waals surface area contributed by atoms with Gasteiger partial charge in [0, 0.05) is 17.0 Å². The summed E-state index contributed by atoms with van der Waals surface area (Å²) in [6.07, 6.45) is 0. The van der Waals surface area contributed by atoms with Crippen molar-refractivity contribution >= 4 is 32.8 Å². The fourth-order valence-corrected chi connectivity index (χ4v) is 2.39. The smallest absolute Gasteiger partial charge is 0.352 e. The Labute approximate surface area is 107 Å². The summed E-state index contributed by atoms with van der Waals surface area (Å²) in [5.74, 6) is -0.938. The normalized spacial score (nSPS) is 11.0. The third-order valence-corrected chi connectivity index (χ3v) is 3.23. The largest absolute Gasteiger partial charge is 0.477 e. The van der Waals surface area contributed by atoms with Crippen molar-refractivity contribution in [2.45, 2.75) is 13.7 Å². The SMILES string of the molecule is COCn1c(C(=O)O)c(C)c2cc(Br)ccc21. The summed E-state index contributed by atoms with van der Waals surface area (Å²) < 4.78 is 7.65. The van der Waals surface area contributed by atoms with Crippen LogP contribution in [-0.2, 0) is 11.5 Å². The predicted molar refractivity (Wildman–Crippen MR) is 68.3 cm³/mol. The zero-order chi connectivity index (χ0) is 12.6. The van der Waals surface area contributed by atoms with Crippen LogP contribution in [0.1, 0.15) is 16.1 Å². The van der Waals surface area contributed by atoms with Crippen molar-refractivity contribution < 1.29 is 14.6 Å². The van der Waals surface area contributed by atoms with Crippen LogP contribution in [0.3, 0.4) is 0 Å². The zero-order valence-corrected chi connectivity index (χ0v) is 11.1.